The van der Waals surface area contributed by atoms with E-state index in [1.807, 2.05) is 0 Å². The average molecular weight is 358 g/mol. The molecule has 0 amide bonds. The number of nitrogens with one attached hydrogen (secondary N) is 1. The number of benzene rings is 2. The Morgan fingerprint density at radius 2 is 1.67 bits per heavy atom. The maximum Gasteiger partial charge on any atom is 0.268 e. The minimum absolute atomic E-state index is 0.0337. The number of hydrogen-bond acceptors (Lipinski definition) is 3. The zero-order valence-corrected chi connectivity index (χ0v) is 14.0. The molecule has 0 aliphatic carbocycles. The van der Waals surface area contributed by atoms with E-state index in [0.29, 0.717) is 21.9 Å². The standard InChI is InChI=1S/C18H12ClNO3S/c1-2-12-7-3-4-8-13(12)11-24(22,23)18-15-10-6-5-9-14(15)16(19)17(21)20-18/h1,3-10H,11H2,(H,20,21). The van der Waals surface area contributed by atoms with Gasteiger partial charge in [0.1, 0.15) is 10.0 Å². The summed E-state index contributed by atoms with van der Waals surface area (Å²) in [6.07, 6.45) is 5.42. The number of aromatic nitrogens is 1. The van der Waals surface area contributed by atoms with E-state index in [4.69, 9.17) is 18.0 Å². The molecule has 0 spiro atoms. The highest BCUT2D eigenvalue weighted by molar-refractivity contribution is 7.90. The second kappa shape index (κ2) is 6.16. The van der Waals surface area contributed by atoms with Gasteiger partial charge in [-0.05, 0) is 11.6 Å². The first-order valence-electron chi connectivity index (χ1n) is 7.02. The molecule has 0 saturated heterocycles. The van der Waals surface area contributed by atoms with Crippen molar-refractivity contribution in [2.75, 3.05) is 0 Å². The van der Waals surface area contributed by atoms with Gasteiger partial charge in [-0.1, -0.05) is 60.0 Å². The van der Waals surface area contributed by atoms with Crippen molar-refractivity contribution >= 4 is 32.2 Å². The number of fused-ring (bicyclic) bond motifs is 1. The van der Waals surface area contributed by atoms with Gasteiger partial charge in [-0.3, -0.25) is 4.79 Å². The van der Waals surface area contributed by atoms with Crippen LogP contribution in [0.2, 0.25) is 5.02 Å². The highest BCUT2D eigenvalue weighted by atomic mass is 35.5. The van der Waals surface area contributed by atoms with Gasteiger partial charge in [0.15, 0.2) is 9.84 Å². The topological polar surface area (TPSA) is 67.0 Å². The van der Waals surface area contributed by atoms with E-state index in [2.05, 4.69) is 10.9 Å². The number of terminal acetylenes is 1. The lowest BCUT2D eigenvalue weighted by Crippen LogP contribution is -2.16. The van der Waals surface area contributed by atoms with Crippen molar-refractivity contribution in [1.29, 1.82) is 0 Å². The molecule has 1 aromatic heterocycles. The molecule has 1 heterocycles. The summed E-state index contributed by atoms with van der Waals surface area (Å²) in [5, 5.41) is 0.583. The van der Waals surface area contributed by atoms with E-state index < -0.39 is 15.4 Å². The normalized spacial score (nSPS) is 11.3. The summed E-state index contributed by atoms with van der Waals surface area (Å²) in [6.45, 7) is 0. The van der Waals surface area contributed by atoms with Crippen LogP contribution in [-0.2, 0) is 15.6 Å². The summed E-state index contributed by atoms with van der Waals surface area (Å²) in [7, 11) is -3.82. The van der Waals surface area contributed by atoms with Crippen molar-refractivity contribution in [3.8, 4) is 12.3 Å². The Bertz CT molecular complexity index is 1140. The zero-order chi connectivity index (χ0) is 17.3. The van der Waals surface area contributed by atoms with Gasteiger partial charge >= 0.3 is 0 Å². The molecule has 0 unspecified atom stereocenters. The van der Waals surface area contributed by atoms with Gasteiger partial charge in [-0.15, -0.1) is 6.42 Å². The van der Waals surface area contributed by atoms with Crippen molar-refractivity contribution in [1.82, 2.24) is 4.98 Å². The highest BCUT2D eigenvalue weighted by Gasteiger charge is 2.22. The fourth-order valence-electron chi connectivity index (χ4n) is 2.53. The number of H-pyrrole nitrogens is 1. The van der Waals surface area contributed by atoms with Crippen LogP contribution in [0.25, 0.3) is 10.8 Å². The highest BCUT2D eigenvalue weighted by Crippen LogP contribution is 2.27. The second-order valence-corrected chi connectivity index (χ2v) is 7.51. The first-order valence-corrected chi connectivity index (χ1v) is 9.05. The summed E-state index contributed by atoms with van der Waals surface area (Å²) in [5.41, 5.74) is 0.362. The maximum absolute atomic E-state index is 12.9. The Hall–Kier alpha value is -2.55. The van der Waals surface area contributed by atoms with Crippen LogP contribution in [0.15, 0.2) is 58.4 Å². The molecule has 0 atom stereocenters. The number of pyridine rings is 1. The Morgan fingerprint density at radius 3 is 2.38 bits per heavy atom. The van der Waals surface area contributed by atoms with Gasteiger partial charge < -0.3 is 4.98 Å². The van der Waals surface area contributed by atoms with Crippen LogP contribution in [0.4, 0.5) is 0 Å². The number of rotatable bonds is 3. The zero-order valence-electron chi connectivity index (χ0n) is 12.4. The SMILES string of the molecule is C#Cc1ccccc1CS(=O)(=O)c1[nH]c(=O)c(Cl)c2ccccc12. The average Bonchev–Trinajstić information content (AvgIpc) is 2.58. The largest absolute Gasteiger partial charge is 0.311 e. The van der Waals surface area contributed by atoms with Crippen molar-refractivity contribution in [2.45, 2.75) is 10.8 Å². The summed E-state index contributed by atoms with van der Waals surface area (Å²) in [4.78, 5) is 14.4. The fraction of sp³-hybridized carbons (Fsp3) is 0.0556. The molecule has 2 aromatic carbocycles. The van der Waals surface area contributed by atoms with Crippen LogP contribution in [0, 0.1) is 12.3 Å². The maximum atomic E-state index is 12.9. The van der Waals surface area contributed by atoms with Crippen LogP contribution in [0.5, 0.6) is 0 Å². The molecule has 120 valence electrons. The van der Waals surface area contributed by atoms with Crippen LogP contribution >= 0.6 is 11.6 Å². The van der Waals surface area contributed by atoms with Gasteiger partial charge in [0.25, 0.3) is 5.56 Å². The molecule has 4 nitrogen and oxygen atoms in total. The molecule has 3 aromatic rings. The summed E-state index contributed by atoms with van der Waals surface area (Å²) in [5.74, 6) is 2.16. The Morgan fingerprint density at radius 1 is 1.04 bits per heavy atom. The lowest BCUT2D eigenvalue weighted by Gasteiger charge is -2.10. The molecule has 6 heteroatoms. The van der Waals surface area contributed by atoms with E-state index in [0.717, 1.165) is 0 Å². The molecule has 0 aliphatic heterocycles. The molecule has 0 aliphatic rings. The molecule has 1 N–H and O–H groups in total. The van der Waals surface area contributed by atoms with Crippen LogP contribution < -0.4 is 5.56 Å². The van der Waals surface area contributed by atoms with Gasteiger partial charge in [0, 0.05) is 16.3 Å². The number of halogens is 1. The molecule has 24 heavy (non-hydrogen) atoms. The van der Waals surface area contributed by atoms with Crippen LogP contribution in [0.1, 0.15) is 11.1 Å². The molecule has 3 rings (SSSR count). The van der Waals surface area contributed by atoms with Gasteiger partial charge in [-0.2, -0.15) is 0 Å². The quantitative estimate of drug-likeness (QED) is 0.732. The first-order chi connectivity index (χ1) is 11.4. The fourth-order valence-corrected chi connectivity index (χ4v) is 4.31. The molecule has 0 saturated carbocycles. The molecule has 0 radical (unpaired) electrons. The molecular weight excluding hydrogens is 346 g/mol. The first kappa shape index (κ1) is 16.3. The Labute approximate surface area is 144 Å². The molecular formula is C18H12ClNO3S. The smallest absolute Gasteiger partial charge is 0.268 e. The number of hydrogen-bond donors (Lipinski definition) is 1. The Kier molecular flexibility index (Phi) is 4.18. The van der Waals surface area contributed by atoms with E-state index in [1.54, 1.807) is 48.5 Å². The van der Waals surface area contributed by atoms with E-state index in [1.165, 1.54) is 0 Å². The van der Waals surface area contributed by atoms with Crippen molar-refractivity contribution in [3.05, 3.63) is 75.0 Å². The van der Waals surface area contributed by atoms with Crippen LogP contribution in [0.3, 0.4) is 0 Å². The van der Waals surface area contributed by atoms with E-state index in [9.17, 15) is 13.2 Å². The van der Waals surface area contributed by atoms with E-state index >= 15 is 0 Å². The van der Waals surface area contributed by atoms with Gasteiger partial charge in [0.05, 0.1) is 5.75 Å². The van der Waals surface area contributed by atoms with Gasteiger partial charge in [0.2, 0.25) is 0 Å². The third kappa shape index (κ3) is 2.82. The van der Waals surface area contributed by atoms with Crippen molar-refractivity contribution in [3.63, 3.8) is 0 Å². The summed E-state index contributed by atoms with van der Waals surface area (Å²) >= 11 is 5.99. The van der Waals surface area contributed by atoms with Crippen molar-refractivity contribution < 1.29 is 8.42 Å². The predicted molar refractivity (Wildman–Crippen MR) is 94.8 cm³/mol. The summed E-state index contributed by atoms with van der Waals surface area (Å²) < 4.78 is 25.7. The van der Waals surface area contributed by atoms with Gasteiger partial charge in [-0.25, -0.2) is 8.42 Å². The summed E-state index contributed by atoms with van der Waals surface area (Å²) in [6, 6.07) is 13.4. The third-order valence-corrected chi connectivity index (χ3v) is 5.67. The number of sulfone groups is 1. The second-order valence-electron chi connectivity index (χ2n) is 5.20. The minimum atomic E-state index is -3.82. The lowest BCUT2D eigenvalue weighted by atomic mass is 10.1. The monoisotopic (exact) mass is 357 g/mol. The molecule has 0 fully saturated rings. The third-order valence-electron chi connectivity index (χ3n) is 3.66. The van der Waals surface area contributed by atoms with Crippen LogP contribution in [-0.4, -0.2) is 13.4 Å². The van der Waals surface area contributed by atoms with E-state index in [-0.39, 0.29) is 15.8 Å². The minimum Gasteiger partial charge on any atom is -0.311 e. The number of aromatic amines is 1. The predicted octanol–water partition coefficient (Wildman–Crippen LogP) is 3.14. The van der Waals surface area contributed by atoms with Crippen molar-refractivity contribution in [2.24, 2.45) is 0 Å². The Balaban J connectivity index is 2.22. The molecule has 0 bridgehead atoms. The lowest BCUT2D eigenvalue weighted by molar-refractivity contribution is 0.592.